The molecule has 0 amide bonds. The molecule has 0 aliphatic carbocycles. The minimum absolute atomic E-state index is 0.280. The lowest BCUT2D eigenvalue weighted by Crippen LogP contribution is -2.25. The minimum Gasteiger partial charge on any atom is -0.492 e. The Labute approximate surface area is 206 Å². The zero-order valence-corrected chi connectivity index (χ0v) is 20.8. The van der Waals surface area contributed by atoms with Gasteiger partial charge in [-0.2, -0.15) is 0 Å². The number of carbonyl (C=O) groups is 1. The lowest BCUT2D eigenvalue weighted by molar-refractivity contribution is -0.148. The maximum Gasteiger partial charge on any atom is 0.339 e. The third kappa shape index (κ3) is 6.95. The molecule has 1 saturated heterocycles. The fourth-order valence-electron chi connectivity index (χ4n) is 4.65. The average molecular weight is 478 g/mol. The Morgan fingerprint density at radius 3 is 2.60 bits per heavy atom. The van der Waals surface area contributed by atoms with Gasteiger partial charge >= 0.3 is 11.6 Å². The largest absolute Gasteiger partial charge is 0.492 e. The molecule has 0 bridgehead atoms. The summed E-state index contributed by atoms with van der Waals surface area (Å²) in [6.45, 7) is 8.10. The summed E-state index contributed by atoms with van der Waals surface area (Å²) < 4.78 is 16.7. The Balaban J connectivity index is 1.38. The highest BCUT2D eigenvalue weighted by Gasteiger charge is 2.22. The maximum absolute atomic E-state index is 12.7. The fourth-order valence-corrected chi connectivity index (χ4v) is 4.65. The van der Waals surface area contributed by atoms with E-state index in [1.54, 1.807) is 13.0 Å². The van der Waals surface area contributed by atoms with E-state index < -0.39 is 11.5 Å². The first-order chi connectivity index (χ1) is 17.0. The van der Waals surface area contributed by atoms with Crippen molar-refractivity contribution < 1.29 is 18.7 Å². The molecular weight excluding hydrogens is 442 g/mol. The molecule has 35 heavy (non-hydrogen) atoms. The van der Waals surface area contributed by atoms with Gasteiger partial charge in [0.2, 0.25) is 0 Å². The van der Waals surface area contributed by atoms with Gasteiger partial charge in [0.05, 0.1) is 12.5 Å². The van der Waals surface area contributed by atoms with Crippen LogP contribution in [0.3, 0.4) is 0 Å². The van der Waals surface area contributed by atoms with Crippen LogP contribution in [0.1, 0.15) is 42.9 Å². The molecule has 3 aromatic rings. The summed E-state index contributed by atoms with van der Waals surface area (Å²) >= 11 is 0. The third-order valence-electron chi connectivity index (χ3n) is 6.63. The number of aryl methyl sites for hydroxylation is 2. The van der Waals surface area contributed by atoms with Crippen molar-refractivity contribution in [2.75, 3.05) is 32.8 Å². The Bertz CT molecular complexity index is 1180. The van der Waals surface area contributed by atoms with Gasteiger partial charge in [-0.05, 0) is 94.9 Å². The zero-order chi connectivity index (χ0) is 24.6. The van der Waals surface area contributed by atoms with Gasteiger partial charge in [-0.3, -0.25) is 9.69 Å². The zero-order valence-electron chi connectivity index (χ0n) is 20.8. The van der Waals surface area contributed by atoms with E-state index in [-0.39, 0.29) is 5.97 Å². The molecule has 4 rings (SSSR count). The number of fused-ring (bicyclic) bond motifs is 1. The number of ether oxygens (including phenoxy) is 2. The van der Waals surface area contributed by atoms with Crippen LogP contribution in [0.15, 0.2) is 57.7 Å². The number of nitrogens with zero attached hydrogens (tertiary/aromatic N) is 1. The highest BCUT2D eigenvalue weighted by Crippen LogP contribution is 2.21. The van der Waals surface area contributed by atoms with Crippen molar-refractivity contribution in [1.29, 1.82) is 0 Å². The molecular formula is C29H35NO5. The van der Waals surface area contributed by atoms with Crippen molar-refractivity contribution in [3.8, 4) is 5.75 Å². The topological polar surface area (TPSA) is 69.0 Å². The number of benzene rings is 2. The van der Waals surface area contributed by atoms with E-state index in [4.69, 9.17) is 13.9 Å². The Morgan fingerprint density at radius 2 is 1.86 bits per heavy atom. The molecule has 0 spiro atoms. The normalized spacial score (nSPS) is 14.8. The molecule has 2 heterocycles. The van der Waals surface area contributed by atoms with Gasteiger partial charge < -0.3 is 13.9 Å². The number of hydrogen-bond acceptors (Lipinski definition) is 6. The highest BCUT2D eigenvalue weighted by atomic mass is 16.5. The van der Waals surface area contributed by atoms with Crippen molar-refractivity contribution in [1.82, 2.24) is 4.90 Å². The Kier molecular flexibility index (Phi) is 8.59. The van der Waals surface area contributed by atoms with Crippen LogP contribution in [0.4, 0.5) is 0 Å². The molecule has 1 aliphatic rings. The smallest absolute Gasteiger partial charge is 0.339 e. The predicted molar refractivity (Wildman–Crippen MR) is 137 cm³/mol. The average Bonchev–Trinajstić information content (AvgIpc) is 3.37. The molecule has 2 aromatic carbocycles. The van der Waals surface area contributed by atoms with Gasteiger partial charge in [-0.25, -0.2) is 4.79 Å². The van der Waals surface area contributed by atoms with Gasteiger partial charge in [0, 0.05) is 17.5 Å². The van der Waals surface area contributed by atoms with Gasteiger partial charge in [0.1, 0.15) is 17.9 Å². The molecule has 1 aliphatic heterocycles. The molecule has 0 radical (unpaired) electrons. The van der Waals surface area contributed by atoms with Gasteiger partial charge in [-0.1, -0.05) is 23.8 Å². The van der Waals surface area contributed by atoms with Crippen LogP contribution < -0.4 is 10.4 Å². The van der Waals surface area contributed by atoms with Crippen LogP contribution in [0.5, 0.6) is 5.75 Å². The number of carbonyl (C=O) groups excluding carboxylic acids is 1. The van der Waals surface area contributed by atoms with E-state index in [1.807, 2.05) is 49.4 Å². The van der Waals surface area contributed by atoms with E-state index in [1.165, 1.54) is 25.9 Å². The number of esters is 1. The van der Waals surface area contributed by atoms with Crippen molar-refractivity contribution >= 4 is 16.9 Å². The lowest BCUT2D eigenvalue weighted by atomic mass is 9.93. The Hall–Kier alpha value is -3.12. The molecule has 186 valence electrons. The van der Waals surface area contributed by atoms with Gasteiger partial charge in [0.15, 0.2) is 0 Å². The van der Waals surface area contributed by atoms with E-state index in [0.717, 1.165) is 28.8 Å². The number of hydrogen-bond donors (Lipinski definition) is 0. The van der Waals surface area contributed by atoms with Crippen LogP contribution in [0.2, 0.25) is 0 Å². The summed E-state index contributed by atoms with van der Waals surface area (Å²) in [5.41, 5.74) is 2.86. The van der Waals surface area contributed by atoms with Crippen LogP contribution in [0.25, 0.3) is 11.0 Å². The second-order valence-electron chi connectivity index (χ2n) is 9.33. The third-order valence-corrected chi connectivity index (χ3v) is 6.63. The highest BCUT2D eigenvalue weighted by molar-refractivity contribution is 5.78. The first-order valence-electron chi connectivity index (χ1n) is 12.7. The number of rotatable bonds is 11. The summed E-state index contributed by atoms with van der Waals surface area (Å²) in [6.07, 6.45) is 4.15. The van der Waals surface area contributed by atoms with Crippen molar-refractivity contribution in [3.05, 3.63) is 75.6 Å². The predicted octanol–water partition coefficient (Wildman–Crippen LogP) is 4.93. The molecule has 1 atom stereocenters. The van der Waals surface area contributed by atoms with Gasteiger partial charge in [-0.15, -0.1) is 0 Å². The van der Waals surface area contributed by atoms with Crippen LogP contribution in [-0.4, -0.2) is 43.7 Å². The molecule has 1 aromatic heterocycles. The molecule has 6 nitrogen and oxygen atoms in total. The van der Waals surface area contributed by atoms with E-state index >= 15 is 0 Å². The van der Waals surface area contributed by atoms with Crippen molar-refractivity contribution in [2.24, 2.45) is 5.92 Å². The van der Waals surface area contributed by atoms with E-state index in [0.29, 0.717) is 43.6 Å². The molecule has 1 unspecified atom stereocenters. The second kappa shape index (κ2) is 12.0. The quantitative estimate of drug-likeness (QED) is 0.288. The summed E-state index contributed by atoms with van der Waals surface area (Å²) in [4.78, 5) is 27.7. The summed E-state index contributed by atoms with van der Waals surface area (Å²) in [7, 11) is 0. The van der Waals surface area contributed by atoms with E-state index in [9.17, 15) is 9.59 Å². The van der Waals surface area contributed by atoms with Gasteiger partial charge in [0.25, 0.3) is 0 Å². The molecule has 0 saturated carbocycles. The summed E-state index contributed by atoms with van der Waals surface area (Å²) in [5, 5.41) is 0.863. The summed E-state index contributed by atoms with van der Waals surface area (Å²) in [5.74, 6) is 0.161. The lowest BCUT2D eigenvalue weighted by Gasteiger charge is -2.16. The van der Waals surface area contributed by atoms with Crippen LogP contribution in [0, 0.1) is 12.8 Å². The Morgan fingerprint density at radius 1 is 1.09 bits per heavy atom. The van der Waals surface area contributed by atoms with E-state index in [2.05, 4.69) is 4.90 Å². The van der Waals surface area contributed by atoms with Crippen LogP contribution in [-0.2, 0) is 22.4 Å². The first kappa shape index (κ1) is 25.0. The summed E-state index contributed by atoms with van der Waals surface area (Å²) in [6, 6.07) is 15.6. The van der Waals surface area contributed by atoms with Crippen LogP contribution >= 0.6 is 0 Å². The standard InChI is InChI=1S/C29H35NO5/c1-3-33-28(31)23(19-25-20-24-18-21(2)6-13-27(24)35-29(25)32)10-7-22-8-11-26(12-9-22)34-17-16-30-14-4-5-15-30/h6,8-9,11-13,18,20,23H,3-5,7,10,14-17,19H2,1-2H3. The number of likely N-dealkylation sites (tertiary alicyclic amines) is 1. The van der Waals surface area contributed by atoms with Crippen molar-refractivity contribution in [3.63, 3.8) is 0 Å². The molecule has 1 fully saturated rings. The van der Waals surface area contributed by atoms with Crippen molar-refractivity contribution in [2.45, 2.75) is 46.0 Å². The first-order valence-corrected chi connectivity index (χ1v) is 12.7. The fraction of sp³-hybridized carbons (Fsp3) is 0.448. The SMILES string of the molecule is CCOC(=O)C(CCc1ccc(OCCN2CCCC2)cc1)Cc1cc2cc(C)ccc2oc1=O. The maximum atomic E-state index is 12.7. The minimum atomic E-state index is -0.420. The molecule has 0 N–H and O–H groups in total. The second-order valence-corrected chi connectivity index (χ2v) is 9.33. The monoisotopic (exact) mass is 477 g/mol. The molecule has 6 heteroatoms.